The Morgan fingerprint density at radius 2 is 1.33 bits per heavy atom. The summed E-state index contributed by atoms with van der Waals surface area (Å²) < 4.78 is 8.03. The number of aryl methyl sites for hydroxylation is 4. The number of aliphatic hydroxyl groups is 1. The average Bonchev–Trinajstić information content (AvgIpc) is 3.78. The summed E-state index contributed by atoms with van der Waals surface area (Å²) in [5.41, 5.74) is 11.1. The zero-order chi connectivity index (χ0) is 44.4. The van der Waals surface area contributed by atoms with Gasteiger partial charge in [-0.2, -0.15) is 0 Å². The van der Waals surface area contributed by atoms with Crippen LogP contribution in [0.5, 0.6) is 0 Å². The maximum Gasteiger partial charge on any atom is 0.164 e. The molecule has 2 aromatic heterocycles. The van der Waals surface area contributed by atoms with E-state index in [9.17, 15) is 9.90 Å². The molecule has 1 saturated carbocycles. The Labute approximate surface area is 382 Å². The predicted octanol–water partition coefficient (Wildman–Crippen LogP) is 15.7. The van der Waals surface area contributed by atoms with Gasteiger partial charge in [-0.15, -0.1) is 69.8 Å². The number of nitrogens with zero attached hydrogens (tertiary/aromatic N) is 2. The summed E-state index contributed by atoms with van der Waals surface area (Å²) in [5, 5.41) is 14.6. The van der Waals surface area contributed by atoms with E-state index >= 15 is 0 Å². The van der Waals surface area contributed by atoms with E-state index in [1.807, 2.05) is 53.8 Å². The van der Waals surface area contributed by atoms with Crippen molar-refractivity contribution in [2.24, 2.45) is 11.3 Å². The van der Waals surface area contributed by atoms with Crippen molar-refractivity contribution in [3.05, 3.63) is 143 Å². The number of ketones is 1. The predicted molar refractivity (Wildman–Crippen MR) is 255 cm³/mol. The van der Waals surface area contributed by atoms with E-state index in [1.54, 1.807) is 0 Å². The monoisotopic (exact) mass is 994 g/mol. The molecule has 0 atom stereocenters. The van der Waals surface area contributed by atoms with Gasteiger partial charge in [-0.3, -0.25) is 4.79 Å². The first-order valence-corrected chi connectivity index (χ1v) is 22.4. The van der Waals surface area contributed by atoms with Gasteiger partial charge in [0.2, 0.25) is 0 Å². The normalized spacial score (nSPS) is 13.4. The quantitative estimate of drug-likeness (QED) is 0.0798. The standard InChI is InChI=1S/C22H22N.C20H20N.C14H26O2.Ir/c1-15-11-16(2)13-20(12-15)22-21-8-7-18(17-5-3-4-6-17)14-19(21)9-10-23-22;1-13(2)16-5-6-19-17(12-16)7-8-21-20(19)18-10-14(3)9-15(4)11-18;1-6-11(7-2)12(15)10-13(16)14(5,8-3)9-4;/h7-12,14,17H,3-6H2,1-2H3;5-10,12-13H,1-4H3;10-11,15H,6-9H2,1-5H3;/q2*-1;;/b;;12-10-;/i;8D;;. The molecular formula is C56H68IrN2O2-2. The maximum absolute atomic E-state index is 12.0. The molecule has 0 bridgehead atoms. The number of aliphatic hydroxyl groups excluding tert-OH is 1. The molecule has 0 saturated heterocycles. The molecule has 7 rings (SSSR count). The van der Waals surface area contributed by atoms with Crippen LogP contribution in [0.4, 0.5) is 0 Å². The Bertz CT molecular complexity index is 2430. The molecule has 1 radical (unpaired) electrons. The second kappa shape index (κ2) is 22.6. The minimum absolute atomic E-state index is 0. The Hall–Kier alpha value is -4.44. The van der Waals surface area contributed by atoms with E-state index in [4.69, 9.17) is 1.37 Å². The van der Waals surface area contributed by atoms with Gasteiger partial charge in [0, 0.05) is 49.9 Å². The van der Waals surface area contributed by atoms with Crippen molar-refractivity contribution in [3.63, 3.8) is 0 Å². The van der Waals surface area contributed by atoms with Crippen LogP contribution in [-0.4, -0.2) is 20.9 Å². The van der Waals surface area contributed by atoms with E-state index in [2.05, 4.69) is 123 Å². The van der Waals surface area contributed by atoms with Crippen molar-refractivity contribution in [1.82, 2.24) is 9.97 Å². The molecule has 4 nitrogen and oxygen atoms in total. The number of hydrogen-bond acceptors (Lipinski definition) is 4. The number of hydrogen-bond donors (Lipinski definition) is 1. The smallest absolute Gasteiger partial charge is 0.164 e. The zero-order valence-corrected chi connectivity index (χ0v) is 41.0. The zero-order valence-electron chi connectivity index (χ0n) is 39.6. The van der Waals surface area contributed by atoms with Gasteiger partial charge in [0.05, 0.1) is 7.13 Å². The van der Waals surface area contributed by atoms with Crippen molar-refractivity contribution >= 4 is 27.3 Å². The molecule has 0 amide bonds. The fourth-order valence-electron chi connectivity index (χ4n) is 8.41. The number of carbonyl (C=O) groups excluding carboxylic acids is 1. The van der Waals surface area contributed by atoms with Crippen molar-refractivity contribution < 1.29 is 31.4 Å². The molecule has 325 valence electrons. The van der Waals surface area contributed by atoms with Gasteiger partial charge >= 0.3 is 0 Å². The Kier molecular flexibility index (Phi) is 17.6. The number of aromatic nitrogens is 2. The third-order valence-corrected chi connectivity index (χ3v) is 12.7. The van der Waals surface area contributed by atoms with Crippen molar-refractivity contribution in [3.8, 4) is 22.5 Å². The van der Waals surface area contributed by atoms with E-state index in [-0.39, 0.29) is 43.0 Å². The van der Waals surface area contributed by atoms with Gasteiger partial charge in [0.25, 0.3) is 0 Å². The summed E-state index contributed by atoms with van der Waals surface area (Å²) in [6.45, 7) is 22.8. The van der Waals surface area contributed by atoms with Crippen LogP contribution in [-0.2, 0) is 24.9 Å². The van der Waals surface area contributed by atoms with E-state index in [1.165, 1.54) is 70.3 Å². The molecule has 61 heavy (non-hydrogen) atoms. The van der Waals surface area contributed by atoms with Crippen LogP contribution < -0.4 is 0 Å². The molecule has 0 aliphatic heterocycles. The molecule has 1 N–H and O–H groups in total. The van der Waals surface area contributed by atoms with Crippen LogP contribution in [0.25, 0.3) is 44.1 Å². The first kappa shape index (κ1) is 47.6. The summed E-state index contributed by atoms with van der Waals surface area (Å²) in [4.78, 5) is 21.2. The first-order chi connectivity index (χ1) is 29.1. The second-order valence-electron chi connectivity index (χ2n) is 17.6. The van der Waals surface area contributed by atoms with E-state index in [0.29, 0.717) is 12.1 Å². The van der Waals surface area contributed by atoms with Crippen LogP contribution >= 0.6 is 0 Å². The van der Waals surface area contributed by atoms with Gasteiger partial charge in [-0.1, -0.05) is 125 Å². The van der Waals surface area contributed by atoms with Crippen LogP contribution in [0.15, 0.2) is 97.0 Å². The molecule has 0 unspecified atom stereocenters. The van der Waals surface area contributed by atoms with Crippen LogP contribution in [0.3, 0.4) is 0 Å². The number of benzene rings is 4. The summed E-state index contributed by atoms with van der Waals surface area (Å²) in [6, 6.07) is 32.7. The summed E-state index contributed by atoms with van der Waals surface area (Å²) in [5.74, 6) is 1.67. The van der Waals surface area contributed by atoms with Gasteiger partial charge in [-0.25, -0.2) is 0 Å². The van der Waals surface area contributed by atoms with Crippen LogP contribution in [0.2, 0.25) is 0 Å². The summed E-state index contributed by atoms with van der Waals surface area (Å²) in [6.07, 6.45) is 12.5. The van der Waals surface area contributed by atoms with E-state index in [0.717, 1.165) is 70.5 Å². The Balaban J connectivity index is 0.000000207. The average molecular weight is 994 g/mol. The fourth-order valence-corrected chi connectivity index (χ4v) is 8.41. The van der Waals surface area contributed by atoms with E-state index < -0.39 is 0 Å². The molecule has 5 heteroatoms. The topological polar surface area (TPSA) is 63.1 Å². The van der Waals surface area contributed by atoms with Crippen molar-refractivity contribution in [2.45, 2.75) is 139 Å². The van der Waals surface area contributed by atoms with Crippen molar-refractivity contribution in [1.29, 1.82) is 0 Å². The molecule has 4 aromatic carbocycles. The number of allylic oxidation sites excluding steroid dienone is 2. The summed E-state index contributed by atoms with van der Waals surface area (Å²) in [7, 11) is 0. The number of rotatable bonds is 11. The molecule has 0 spiro atoms. The minimum atomic E-state index is -0.319. The Morgan fingerprint density at radius 1 is 0.787 bits per heavy atom. The Morgan fingerprint density at radius 3 is 1.85 bits per heavy atom. The van der Waals surface area contributed by atoms with Gasteiger partial charge < -0.3 is 15.1 Å². The molecular weight excluding hydrogens is 925 g/mol. The molecule has 1 aliphatic rings. The third kappa shape index (κ3) is 12.6. The minimum Gasteiger partial charge on any atom is -0.512 e. The fraction of sp³-hybridized carbons (Fsp3) is 0.411. The van der Waals surface area contributed by atoms with Crippen LogP contribution in [0.1, 0.15) is 146 Å². The van der Waals surface area contributed by atoms with Gasteiger partial charge in [0.1, 0.15) is 0 Å². The SMILES string of the molecule is CCC(CC)/C(O)=C/C(=O)C(C)(CC)CC.Cc1[c-]c(-c2nccc3cc(C4CCCC4)ccc23)cc(C)c1.[2H]c1cc2cc(C(C)C)ccc2c(-c2[c-]c(C)cc(C)c2)n1.[Ir]. The first-order valence-electron chi connectivity index (χ1n) is 22.9. The number of pyridine rings is 2. The van der Waals surface area contributed by atoms with Gasteiger partial charge in [-0.05, 0) is 107 Å². The third-order valence-electron chi connectivity index (χ3n) is 12.7. The number of fused-ring (bicyclic) bond motifs is 2. The maximum atomic E-state index is 12.0. The van der Waals surface area contributed by atoms with Crippen LogP contribution in [0, 0.1) is 51.2 Å². The van der Waals surface area contributed by atoms with Crippen molar-refractivity contribution in [2.75, 3.05) is 0 Å². The number of carbonyl (C=O) groups is 1. The molecule has 1 aliphatic carbocycles. The van der Waals surface area contributed by atoms with Gasteiger partial charge in [0.15, 0.2) is 5.78 Å². The molecule has 1 fully saturated rings. The molecule has 2 heterocycles. The summed E-state index contributed by atoms with van der Waals surface area (Å²) >= 11 is 0. The second-order valence-corrected chi connectivity index (χ2v) is 17.6. The largest absolute Gasteiger partial charge is 0.512 e. The molecule has 6 aromatic rings.